The molecule has 0 aliphatic heterocycles. The molecule has 0 saturated heterocycles. The molecular formula is C20H22ClNO5S. The Labute approximate surface area is 170 Å². The van der Waals surface area contributed by atoms with Crippen LogP contribution in [-0.2, 0) is 14.8 Å². The third kappa shape index (κ3) is 4.85. The fourth-order valence-electron chi connectivity index (χ4n) is 2.43. The first kappa shape index (κ1) is 21.8. The van der Waals surface area contributed by atoms with Gasteiger partial charge in [0.15, 0.2) is 0 Å². The molecule has 0 heterocycles. The van der Waals surface area contributed by atoms with E-state index in [9.17, 15) is 13.2 Å². The van der Waals surface area contributed by atoms with Gasteiger partial charge >= 0.3 is 5.97 Å². The number of hydrogen-bond donors (Lipinski definition) is 0. The lowest BCUT2D eigenvalue weighted by atomic mass is 10.2. The molecule has 0 bridgehead atoms. The topological polar surface area (TPSA) is 72.9 Å². The van der Waals surface area contributed by atoms with E-state index >= 15 is 0 Å². The van der Waals surface area contributed by atoms with Crippen molar-refractivity contribution in [3.05, 3.63) is 65.7 Å². The predicted molar refractivity (Wildman–Crippen MR) is 110 cm³/mol. The van der Waals surface area contributed by atoms with Crippen LogP contribution in [0.5, 0.6) is 5.75 Å². The summed E-state index contributed by atoms with van der Waals surface area (Å²) in [6.45, 7) is 5.76. The van der Waals surface area contributed by atoms with Gasteiger partial charge in [-0.1, -0.05) is 24.6 Å². The van der Waals surface area contributed by atoms with Crippen LogP contribution in [0.3, 0.4) is 0 Å². The number of esters is 1. The van der Waals surface area contributed by atoms with Crippen LogP contribution in [0.1, 0.15) is 23.7 Å². The molecule has 0 saturated carbocycles. The molecule has 2 aromatic rings. The van der Waals surface area contributed by atoms with Crippen molar-refractivity contribution in [2.45, 2.75) is 18.2 Å². The summed E-state index contributed by atoms with van der Waals surface area (Å²) in [4.78, 5) is 12.1. The maximum absolute atomic E-state index is 13.2. The zero-order valence-electron chi connectivity index (χ0n) is 15.7. The van der Waals surface area contributed by atoms with Gasteiger partial charge in [0, 0.05) is 0 Å². The van der Waals surface area contributed by atoms with E-state index in [0.29, 0.717) is 17.9 Å². The van der Waals surface area contributed by atoms with Gasteiger partial charge in [-0.05, 0) is 48.9 Å². The molecule has 0 amide bonds. The average molecular weight is 424 g/mol. The third-order valence-corrected chi connectivity index (χ3v) is 5.96. The first-order chi connectivity index (χ1) is 13.3. The van der Waals surface area contributed by atoms with Gasteiger partial charge in [0.2, 0.25) is 0 Å². The number of nitrogens with zero attached hydrogens (tertiary/aromatic N) is 1. The van der Waals surface area contributed by atoms with Crippen LogP contribution >= 0.6 is 11.6 Å². The third-order valence-electron chi connectivity index (χ3n) is 3.84. The Morgan fingerprint density at radius 1 is 1.21 bits per heavy atom. The number of sulfonamides is 1. The second-order valence-corrected chi connectivity index (χ2v) is 8.07. The summed E-state index contributed by atoms with van der Waals surface area (Å²) < 4.78 is 37.8. The number of rotatable bonds is 9. The summed E-state index contributed by atoms with van der Waals surface area (Å²) in [5.74, 6) is -0.0595. The summed E-state index contributed by atoms with van der Waals surface area (Å²) in [6, 6.07) is 10.5. The van der Waals surface area contributed by atoms with Gasteiger partial charge in [0.05, 0.1) is 41.4 Å². The zero-order valence-corrected chi connectivity index (χ0v) is 17.3. The molecule has 0 N–H and O–H groups in total. The fourth-order valence-corrected chi connectivity index (χ4v) is 4.09. The van der Waals surface area contributed by atoms with Crippen molar-refractivity contribution < 1.29 is 22.7 Å². The molecule has 28 heavy (non-hydrogen) atoms. The van der Waals surface area contributed by atoms with Gasteiger partial charge < -0.3 is 9.47 Å². The number of ether oxygens (including phenoxy) is 2. The molecule has 0 spiro atoms. The zero-order chi connectivity index (χ0) is 20.7. The number of carbonyl (C=O) groups is 1. The molecule has 0 aliphatic rings. The van der Waals surface area contributed by atoms with Gasteiger partial charge in [-0.3, -0.25) is 4.31 Å². The first-order valence-electron chi connectivity index (χ1n) is 8.59. The Morgan fingerprint density at radius 2 is 1.89 bits per heavy atom. The van der Waals surface area contributed by atoms with Gasteiger partial charge in [0.25, 0.3) is 10.0 Å². The molecule has 0 aromatic heterocycles. The van der Waals surface area contributed by atoms with E-state index in [0.717, 1.165) is 0 Å². The fraction of sp³-hybridized carbons (Fsp3) is 0.250. The summed E-state index contributed by atoms with van der Waals surface area (Å²) in [6.07, 6.45) is 2.13. The van der Waals surface area contributed by atoms with Crippen molar-refractivity contribution in [2.75, 3.05) is 24.6 Å². The van der Waals surface area contributed by atoms with Crippen LogP contribution in [-0.4, -0.2) is 34.6 Å². The molecule has 0 atom stereocenters. The minimum Gasteiger partial charge on any atom is -0.497 e. The van der Waals surface area contributed by atoms with Crippen molar-refractivity contribution in [2.24, 2.45) is 0 Å². The molecule has 0 unspecified atom stereocenters. The quantitative estimate of drug-likeness (QED) is 0.444. The second kappa shape index (κ2) is 9.61. The maximum atomic E-state index is 13.2. The molecule has 6 nitrogen and oxygen atoms in total. The average Bonchev–Trinajstić information content (AvgIpc) is 2.70. The summed E-state index contributed by atoms with van der Waals surface area (Å²) in [5.41, 5.74) is 0.440. The van der Waals surface area contributed by atoms with E-state index in [1.807, 2.05) is 6.92 Å². The standard InChI is InChI=1S/C20H22ClNO5S/c1-4-12-22(15-6-8-16(26-3)9-7-15)28(24,25)17-10-11-19(21)18(14-17)20(23)27-13-5-2/h4,6-11,14H,1,5,12-13H2,2-3H3. The highest BCUT2D eigenvalue weighted by molar-refractivity contribution is 7.92. The van der Waals surface area contributed by atoms with Crippen molar-refractivity contribution >= 4 is 33.3 Å². The lowest BCUT2D eigenvalue weighted by molar-refractivity contribution is 0.0505. The maximum Gasteiger partial charge on any atom is 0.339 e. The lowest BCUT2D eigenvalue weighted by Gasteiger charge is -2.23. The highest BCUT2D eigenvalue weighted by atomic mass is 35.5. The van der Waals surface area contributed by atoms with Crippen LogP contribution in [0.4, 0.5) is 5.69 Å². The Kier molecular flexibility index (Phi) is 7.48. The molecule has 150 valence electrons. The Balaban J connectivity index is 2.46. The molecule has 2 aromatic carbocycles. The summed E-state index contributed by atoms with van der Waals surface area (Å²) in [5, 5.41) is 0.125. The number of methoxy groups -OCH3 is 1. The highest BCUT2D eigenvalue weighted by Crippen LogP contribution is 2.28. The second-order valence-electron chi connectivity index (χ2n) is 5.80. The molecular weight excluding hydrogens is 402 g/mol. The monoisotopic (exact) mass is 423 g/mol. The molecule has 2 rings (SSSR count). The highest BCUT2D eigenvalue weighted by Gasteiger charge is 2.26. The van der Waals surface area contributed by atoms with E-state index in [1.54, 1.807) is 24.3 Å². The van der Waals surface area contributed by atoms with Crippen LogP contribution < -0.4 is 9.04 Å². The van der Waals surface area contributed by atoms with E-state index in [1.165, 1.54) is 35.7 Å². The van der Waals surface area contributed by atoms with E-state index in [-0.39, 0.29) is 28.6 Å². The van der Waals surface area contributed by atoms with E-state index in [2.05, 4.69) is 6.58 Å². The first-order valence-corrected chi connectivity index (χ1v) is 10.4. The normalized spacial score (nSPS) is 11.0. The molecule has 0 aliphatic carbocycles. The summed E-state index contributed by atoms with van der Waals surface area (Å²) >= 11 is 6.07. The smallest absolute Gasteiger partial charge is 0.339 e. The Bertz CT molecular complexity index is 942. The minimum absolute atomic E-state index is 0.00414. The SMILES string of the molecule is C=CCN(c1ccc(OC)cc1)S(=O)(=O)c1ccc(Cl)c(C(=O)OCCC)c1. The van der Waals surface area contributed by atoms with Crippen molar-refractivity contribution in [1.82, 2.24) is 0 Å². The Hall–Kier alpha value is -2.51. The van der Waals surface area contributed by atoms with Crippen LogP contribution in [0, 0.1) is 0 Å². The number of anilines is 1. The molecule has 0 radical (unpaired) electrons. The van der Waals surface area contributed by atoms with Crippen LogP contribution in [0.2, 0.25) is 5.02 Å². The number of hydrogen-bond acceptors (Lipinski definition) is 5. The summed E-state index contributed by atoms with van der Waals surface area (Å²) in [7, 11) is -2.45. The van der Waals surface area contributed by atoms with Crippen molar-refractivity contribution in [3.63, 3.8) is 0 Å². The predicted octanol–water partition coefficient (Wildman–Crippen LogP) is 4.30. The van der Waals surface area contributed by atoms with Gasteiger partial charge in [-0.2, -0.15) is 0 Å². The minimum atomic E-state index is -3.97. The van der Waals surface area contributed by atoms with E-state index < -0.39 is 16.0 Å². The van der Waals surface area contributed by atoms with Gasteiger partial charge in [0.1, 0.15) is 5.75 Å². The van der Waals surface area contributed by atoms with Crippen LogP contribution in [0.25, 0.3) is 0 Å². The van der Waals surface area contributed by atoms with Gasteiger partial charge in [-0.25, -0.2) is 13.2 Å². The van der Waals surface area contributed by atoms with Gasteiger partial charge in [-0.15, -0.1) is 6.58 Å². The van der Waals surface area contributed by atoms with Crippen molar-refractivity contribution in [3.8, 4) is 5.75 Å². The molecule has 0 fully saturated rings. The van der Waals surface area contributed by atoms with E-state index in [4.69, 9.17) is 21.1 Å². The van der Waals surface area contributed by atoms with Crippen LogP contribution in [0.15, 0.2) is 60.0 Å². The largest absolute Gasteiger partial charge is 0.497 e. The number of benzene rings is 2. The Morgan fingerprint density at radius 3 is 2.46 bits per heavy atom. The van der Waals surface area contributed by atoms with Crippen molar-refractivity contribution in [1.29, 1.82) is 0 Å². The number of carbonyl (C=O) groups excluding carboxylic acids is 1. The number of halogens is 1. The molecule has 8 heteroatoms. The lowest BCUT2D eigenvalue weighted by Crippen LogP contribution is -2.31.